The van der Waals surface area contributed by atoms with Gasteiger partial charge in [-0.2, -0.15) is 0 Å². The number of carbonyl (C=O) groups excluding carboxylic acids is 2. The molecule has 1 heterocycles. The van der Waals surface area contributed by atoms with E-state index in [9.17, 15) is 9.59 Å². The van der Waals surface area contributed by atoms with Crippen molar-refractivity contribution in [1.82, 2.24) is 20.4 Å². The van der Waals surface area contributed by atoms with Crippen molar-refractivity contribution in [3.8, 4) is 5.69 Å². The minimum absolute atomic E-state index is 0.180. The third-order valence-electron chi connectivity index (χ3n) is 3.32. The number of hydrogen-bond donors (Lipinski definition) is 2. The third-order valence-corrected chi connectivity index (χ3v) is 5.69. The minimum Gasteiger partial charge on any atom is -0.355 e. The molecule has 0 bridgehead atoms. The van der Waals surface area contributed by atoms with E-state index >= 15 is 0 Å². The first-order valence-electron chi connectivity index (χ1n) is 7.78. The van der Waals surface area contributed by atoms with Gasteiger partial charge in [0.15, 0.2) is 8.29 Å². The maximum absolute atomic E-state index is 12.0. The van der Waals surface area contributed by atoms with E-state index in [1.54, 1.807) is 11.6 Å². The molecular weight excluding hydrogens is 376 g/mol. The van der Waals surface area contributed by atoms with Crippen LogP contribution in [0.4, 0.5) is 0 Å². The van der Waals surface area contributed by atoms with E-state index in [-0.39, 0.29) is 17.6 Å². The number of carbonyl (C=O) groups is 2. The van der Waals surface area contributed by atoms with Crippen molar-refractivity contribution < 1.29 is 9.59 Å². The predicted molar refractivity (Wildman–Crippen MR) is 104 cm³/mol. The predicted octanol–water partition coefficient (Wildman–Crippen LogP) is 2.70. The Morgan fingerprint density at radius 2 is 2.12 bits per heavy atom. The van der Waals surface area contributed by atoms with Gasteiger partial charge in [-0.15, -0.1) is 5.10 Å². The van der Waals surface area contributed by atoms with Crippen molar-refractivity contribution in [3.05, 3.63) is 33.8 Å². The quantitative estimate of drug-likeness (QED) is 0.556. The number of aromatic nitrogens is 2. The van der Waals surface area contributed by atoms with E-state index < -0.39 is 6.04 Å². The van der Waals surface area contributed by atoms with Crippen LogP contribution in [0, 0.1) is 10.9 Å². The van der Waals surface area contributed by atoms with Gasteiger partial charge in [-0.05, 0) is 44.6 Å². The van der Waals surface area contributed by atoms with Gasteiger partial charge >= 0.3 is 0 Å². The summed E-state index contributed by atoms with van der Waals surface area (Å²) in [6.07, 6.45) is 0. The molecular formula is C16H20N4O2S3. The summed E-state index contributed by atoms with van der Waals surface area (Å²) in [5.74, 6) is -0.229. The zero-order valence-electron chi connectivity index (χ0n) is 14.2. The van der Waals surface area contributed by atoms with Crippen LogP contribution in [0.1, 0.15) is 19.4 Å². The van der Waals surface area contributed by atoms with Crippen molar-refractivity contribution in [2.75, 3.05) is 12.3 Å². The van der Waals surface area contributed by atoms with Crippen LogP contribution < -0.4 is 10.6 Å². The Bertz CT molecular complexity index is 816. The molecule has 0 spiro atoms. The van der Waals surface area contributed by atoms with Gasteiger partial charge < -0.3 is 10.6 Å². The molecule has 25 heavy (non-hydrogen) atoms. The fraction of sp³-hybridized carbons (Fsp3) is 0.375. The molecule has 1 aromatic carbocycles. The van der Waals surface area contributed by atoms with Crippen LogP contribution in [-0.4, -0.2) is 39.9 Å². The van der Waals surface area contributed by atoms with Crippen LogP contribution in [0.15, 0.2) is 28.6 Å². The number of likely N-dealkylation sites (N-methyl/N-ethyl adjacent to an activating group) is 1. The molecule has 0 saturated heterocycles. The first-order valence-corrected chi connectivity index (χ1v) is 9.99. The highest BCUT2D eigenvalue weighted by molar-refractivity contribution is 8.01. The highest BCUT2D eigenvalue weighted by Gasteiger charge is 2.16. The Morgan fingerprint density at radius 3 is 2.80 bits per heavy atom. The Hall–Kier alpha value is -1.71. The lowest BCUT2D eigenvalue weighted by atomic mass is 10.2. The summed E-state index contributed by atoms with van der Waals surface area (Å²) in [5.41, 5.74) is 2.01. The Kier molecular flexibility index (Phi) is 7.15. The first-order chi connectivity index (χ1) is 11.9. The number of nitrogens with one attached hydrogen (secondary N) is 2. The number of para-hydroxylation sites is 1. The number of aryl methyl sites for hydroxylation is 1. The van der Waals surface area contributed by atoms with Gasteiger partial charge in [0.1, 0.15) is 6.04 Å². The van der Waals surface area contributed by atoms with Crippen molar-refractivity contribution in [2.45, 2.75) is 31.2 Å². The number of thioether (sulfide) groups is 1. The summed E-state index contributed by atoms with van der Waals surface area (Å²) < 4.78 is 3.06. The van der Waals surface area contributed by atoms with Crippen molar-refractivity contribution in [1.29, 1.82) is 0 Å². The van der Waals surface area contributed by atoms with E-state index in [4.69, 9.17) is 12.2 Å². The van der Waals surface area contributed by atoms with E-state index in [0.29, 0.717) is 14.8 Å². The zero-order chi connectivity index (χ0) is 18.4. The van der Waals surface area contributed by atoms with Gasteiger partial charge in [-0.1, -0.05) is 41.3 Å². The van der Waals surface area contributed by atoms with Crippen molar-refractivity contribution in [3.63, 3.8) is 0 Å². The molecule has 0 aliphatic heterocycles. The molecule has 0 aliphatic rings. The monoisotopic (exact) mass is 396 g/mol. The van der Waals surface area contributed by atoms with Gasteiger partial charge in [-0.25, -0.2) is 4.68 Å². The number of rotatable bonds is 7. The summed E-state index contributed by atoms with van der Waals surface area (Å²) in [4.78, 5) is 23.6. The van der Waals surface area contributed by atoms with E-state index in [0.717, 1.165) is 11.3 Å². The molecule has 0 fully saturated rings. The number of benzene rings is 1. The second-order valence-electron chi connectivity index (χ2n) is 5.30. The normalized spacial score (nSPS) is 11.8. The van der Waals surface area contributed by atoms with Crippen LogP contribution in [0.5, 0.6) is 0 Å². The summed E-state index contributed by atoms with van der Waals surface area (Å²) >= 11 is 8.05. The summed E-state index contributed by atoms with van der Waals surface area (Å²) in [7, 11) is 0. The lowest BCUT2D eigenvalue weighted by molar-refractivity contribution is -0.127. The third kappa shape index (κ3) is 5.38. The molecule has 0 saturated carbocycles. The number of amides is 2. The molecule has 1 aromatic heterocycles. The Morgan fingerprint density at radius 1 is 1.40 bits per heavy atom. The van der Waals surface area contributed by atoms with Crippen LogP contribution in [0.25, 0.3) is 5.69 Å². The van der Waals surface area contributed by atoms with E-state index in [2.05, 4.69) is 15.7 Å². The standard InChI is InChI=1S/C16H20N4O2S3/c1-4-17-14(22)11(3)18-13(21)9-24-15-19-20(16(23)25-15)12-8-6-5-7-10(12)2/h5-8,11H,4,9H2,1-3H3,(H,17,22)(H,18,21)/t11-/m0/s1. The highest BCUT2D eigenvalue weighted by Crippen LogP contribution is 2.24. The molecule has 2 N–H and O–H groups in total. The zero-order valence-corrected chi connectivity index (χ0v) is 16.7. The average Bonchev–Trinajstić information content (AvgIpc) is 2.94. The number of hydrogen-bond acceptors (Lipinski definition) is 6. The summed E-state index contributed by atoms with van der Waals surface area (Å²) in [6, 6.07) is 7.30. The van der Waals surface area contributed by atoms with Crippen LogP contribution >= 0.6 is 35.3 Å². The minimum atomic E-state index is -0.559. The summed E-state index contributed by atoms with van der Waals surface area (Å²) in [5, 5.41) is 9.83. The van der Waals surface area contributed by atoms with E-state index in [1.165, 1.54) is 23.1 Å². The average molecular weight is 397 g/mol. The first kappa shape index (κ1) is 19.6. The van der Waals surface area contributed by atoms with Gasteiger partial charge in [0.2, 0.25) is 11.8 Å². The second kappa shape index (κ2) is 9.12. The van der Waals surface area contributed by atoms with Gasteiger partial charge in [0.05, 0.1) is 11.4 Å². The molecule has 134 valence electrons. The Labute approximate surface area is 160 Å². The second-order valence-corrected chi connectivity index (χ2v) is 8.15. The van der Waals surface area contributed by atoms with Crippen molar-refractivity contribution >= 4 is 47.1 Å². The van der Waals surface area contributed by atoms with E-state index in [1.807, 2.05) is 38.1 Å². The van der Waals surface area contributed by atoms with Crippen LogP contribution in [0.2, 0.25) is 0 Å². The maximum atomic E-state index is 12.0. The molecule has 0 unspecified atom stereocenters. The van der Waals surface area contributed by atoms with Gasteiger partial charge in [0, 0.05) is 6.54 Å². The largest absolute Gasteiger partial charge is 0.355 e. The van der Waals surface area contributed by atoms with Gasteiger partial charge in [0.25, 0.3) is 0 Å². The molecule has 2 amide bonds. The number of nitrogens with zero attached hydrogens (tertiary/aromatic N) is 2. The van der Waals surface area contributed by atoms with Gasteiger partial charge in [-0.3, -0.25) is 9.59 Å². The molecule has 6 nitrogen and oxygen atoms in total. The summed E-state index contributed by atoms with van der Waals surface area (Å²) in [6.45, 7) is 6.03. The molecule has 0 radical (unpaired) electrons. The fourth-order valence-electron chi connectivity index (χ4n) is 2.08. The van der Waals surface area contributed by atoms with Crippen molar-refractivity contribution in [2.24, 2.45) is 0 Å². The lowest BCUT2D eigenvalue weighted by Crippen LogP contribution is -2.45. The maximum Gasteiger partial charge on any atom is 0.242 e. The molecule has 1 atom stereocenters. The molecule has 0 aliphatic carbocycles. The highest BCUT2D eigenvalue weighted by atomic mass is 32.2. The van der Waals surface area contributed by atoms with Crippen LogP contribution in [-0.2, 0) is 9.59 Å². The Balaban J connectivity index is 1.97. The topological polar surface area (TPSA) is 76.0 Å². The molecule has 9 heteroatoms. The van der Waals surface area contributed by atoms with Crippen LogP contribution in [0.3, 0.4) is 0 Å². The molecule has 2 aromatic rings. The fourth-order valence-corrected chi connectivity index (χ4v) is 4.23. The smallest absolute Gasteiger partial charge is 0.242 e. The SMILES string of the molecule is CCNC(=O)[C@H](C)NC(=O)CSc1nn(-c2ccccc2C)c(=S)s1. The lowest BCUT2D eigenvalue weighted by Gasteiger charge is -2.12. The molecule has 2 rings (SSSR count).